The van der Waals surface area contributed by atoms with E-state index in [1.165, 1.54) is 0 Å². The van der Waals surface area contributed by atoms with Crippen LogP contribution in [0.25, 0.3) is 10.9 Å². The maximum atomic E-state index is 11.4. The van der Waals surface area contributed by atoms with Crippen molar-refractivity contribution in [2.45, 2.75) is 26.2 Å². The summed E-state index contributed by atoms with van der Waals surface area (Å²) >= 11 is 0. The molecule has 0 aliphatic rings. The first-order valence-corrected chi connectivity index (χ1v) is 5.64. The molecule has 1 heterocycles. The maximum Gasteiger partial charge on any atom is 0.313 e. The highest BCUT2D eigenvalue weighted by molar-refractivity contribution is 5.93. The first kappa shape index (κ1) is 11.7. The summed E-state index contributed by atoms with van der Waals surface area (Å²) in [5.74, 6) is -0.798. The molecular formula is C14H17NO2. The minimum Gasteiger partial charge on any atom is -0.481 e. The molecule has 90 valence electrons. The zero-order chi connectivity index (χ0) is 12.8. The SMILES string of the molecule is Cc1cn(C)c2cccc(C(C)(C)C(=O)O)c12. The average molecular weight is 231 g/mol. The Bertz CT molecular complexity index is 594. The van der Waals surface area contributed by atoms with Crippen LogP contribution in [-0.2, 0) is 17.3 Å². The van der Waals surface area contributed by atoms with E-state index in [0.717, 1.165) is 22.0 Å². The molecular weight excluding hydrogens is 214 g/mol. The van der Waals surface area contributed by atoms with Crippen molar-refractivity contribution in [2.75, 3.05) is 0 Å². The molecule has 2 rings (SSSR count). The molecule has 0 aliphatic carbocycles. The van der Waals surface area contributed by atoms with E-state index >= 15 is 0 Å². The Kier molecular flexibility index (Phi) is 2.49. The summed E-state index contributed by atoms with van der Waals surface area (Å²) in [5, 5.41) is 10.4. The lowest BCUT2D eigenvalue weighted by Crippen LogP contribution is -2.28. The summed E-state index contributed by atoms with van der Waals surface area (Å²) in [5.41, 5.74) is 2.20. The molecule has 3 heteroatoms. The summed E-state index contributed by atoms with van der Waals surface area (Å²) in [6.45, 7) is 5.51. The van der Waals surface area contributed by atoms with E-state index in [4.69, 9.17) is 0 Å². The van der Waals surface area contributed by atoms with Crippen LogP contribution in [0.1, 0.15) is 25.0 Å². The maximum absolute atomic E-state index is 11.4. The number of nitrogens with zero attached hydrogens (tertiary/aromatic N) is 1. The van der Waals surface area contributed by atoms with Crippen LogP contribution in [0.5, 0.6) is 0 Å². The highest BCUT2D eigenvalue weighted by Crippen LogP contribution is 2.33. The summed E-state index contributed by atoms with van der Waals surface area (Å²) in [7, 11) is 1.98. The molecule has 3 nitrogen and oxygen atoms in total. The fraction of sp³-hybridized carbons (Fsp3) is 0.357. The Morgan fingerprint density at radius 2 is 2.00 bits per heavy atom. The second-order valence-corrected chi connectivity index (χ2v) is 5.05. The normalized spacial score (nSPS) is 12.0. The van der Waals surface area contributed by atoms with Gasteiger partial charge in [-0.2, -0.15) is 0 Å². The van der Waals surface area contributed by atoms with Gasteiger partial charge in [0.2, 0.25) is 0 Å². The lowest BCUT2D eigenvalue weighted by molar-refractivity contribution is -0.142. The van der Waals surface area contributed by atoms with Crippen molar-refractivity contribution in [3.05, 3.63) is 35.5 Å². The van der Waals surface area contributed by atoms with Crippen LogP contribution in [0, 0.1) is 6.92 Å². The van der Waals surface area contributed by atoms with Crippen LogP contribution in [0.4, 0.5) is 0 Å². The Morgan fingerprint density at radius 1 is 1.35 bits per heavy atom. The van der Waals surface area contributed by atoms with Crippen molar-refractivity contribution in [3.63, 3.8) is 0 Å². The number of hydrogen-bond donors (Lipinski definition) is 1. The Morgan fingerprint density at radius 3 is 2.59 bits per heavy atom. The molecule has 0 spiro atoms. The van der Waals surface area contributed by atoms with Crippen molar-refractivity contribution in [1.29, 1.82) is 0 Å². The molecule has 1 aromatic carbocycles. The molecule has 0 aliphatic heterocycles. The van der Waals surface area contributed by atoms with Gasteiger partial charge in [0.1, 0.15) is 0 Å². The average Bonchev–Trinajstić information content (AvgIpc) is 2.54. The van der Waals surface area contributed by atoms with E-state index in [2.05, 4.69) is 0 Å². The van der Waals surface area contributed by atoms with Gasteiger partial charge in [0, 0.05) is 24.1 Å². The Hall–Kier alpha value is -1.77. The van der Waals surface area contributed by atoms with Gasteiger partial charge in [-0.25, -0.2) is 0 Å². The first-order chi connectivity index (χ1) is 7.85. The Balaban J connectivity index is 2.83. The number of benzene rings is 1. The molecule has 0 atom stereocenters. The highest BCUT2D eigenvalue weighted by Gasteiger charge is 2.31. The number of carboxylic acids is 1. The first-order valence-electron chi connectivity index (χ1n) is 5.64. The summed E-state index contributed by atoms with van der Waals surface area (Å²) in [6.07, 6.45) is 2.03. The number of rotatable bonds is 2. The highest BCUT2D eigenvalue weighted by atomic mass is 16.4. The van der Waals surface area contributed by atoms with Crippen LogP contribution in [0.3, 0.4) is 0 Å². The second-order valence-electron chi connectivity index (χ2n) is 5.05. The number of carbonyl (C=O) groups is 1. The molecule has 0 radical (unpaired) electrons. The third-order valence-corrected chi connectivity index (χ3v) is 3.41. The van der Waals surface area contributed by atoms with Gasteiger partial charge in [-0.3, -0.25) is 4.79 Å². The van der Waals surface area contributed by atoms with Crippen molar-refractivity contribution >= 4 is 16.9 Å². The number of aromatic nitrogens is 1. The van der Waals surface area contributed by atoms with Crippen molar-refractivity contribution in [3.8, 4) is 0 Å². The van der Waals surface area contributed by atoms with Crippen molar-refractivity contribution in [1.82, 2.24) is 4.57 Å². The zero-order valence-corrected chi connectivity index (χ0v) is 10.6. The molecule has 1 aromatic heterocycles. The fourth-order valence-electron chi connectivity index (χ4n) is 2.31. The van der Waals surface area contributed by atoms with E-state index in [-0.39, 0.29) is 0 Å². The minimum absolute atomic E-state index is 0.798. The van der Waals surface area contributed by atoms with Gasteiger partial charge in [0.05, 0.1) is 5.41 Å². The fourth-order valence-corrected chi connectivity index (χ4v) is 2.31. The molecule has 2 aromatic rings. The van der Waals surface area contributed by atoms with Crippen LogP contribution in [0.15, 0.2) is 24.4 Å². The van der Waals surface area contributed by atoms with E-state index in [9.17, 15) is 9.90 Å². The molecule has 0 bridgehead atoms. The summed E-state index contributed by atoms with van der Waals surface area (Å²) < 4.78 is 2.03. The lowest BCUT2D eigenvalue weighted by atomic mass is 9.82. The molecule has 0 fully saturated rings. The molecule has 0 unspecified atom stereocenters. The molecule has 0 saturated heterocycles. The molecule has 17 heavy (non-hydrogen) atoms. The number of aryl methyl sites for hydroxylation is 2. The molecule has 1 N–H and O–H groups in total. The van der Waals surface area contributed by atoms with Gasteiger partial charge in [-0.05, 0) is 38.0 Å². The monoisotopic (exact) mass is 231 g/mol. The van der Waals surface area contributed by atoms with Gasteiger partial charge in [-0.1, -0.05) is 12.1 Å². The van der Waals surface area contributed by atoms with Gasteiger partial charge in [0.15, 0.2) is 0 Å². The van der Waals surface area contributed by atoms with Crippen LogP contribution in [0.2, 0.25) is 0 Å². The van der Waals surface area contributed by atoms with Gasteiger partial charge in [-0.15, -0.1) is 0 Å². The smallest absolute Gasteiger partial charge is 0.313 e. The molecule has 0 amide bonds. The standard InChI is InChI=1S/C14H17NO2/c1-9-8-15(4)11-7-5-6-10(12(9)11)14(2,3)13(16)17/h5-8H,1-4H3,(H,16,17). The predicted octanol–water partition coefficient (Wildman–Crippen LogP) is 2.85. The van der Waals surface area contributed by atoms with E-state index in [1.54, 1.807) is 13.8 Å². The van der Waals surface area contributed by atoms with E-state index in [1.807, 2.05) is 42.9 Å². The van der Waals surface area contributed by atoms with Gasteiger partial charge in [0.25, 0.3) is 0 Å². The number of carboxylic acid groups (broad SMARTS) is 1. The largest absolute Gasteiger partial charge is 0.481 e. The summed E-state index contributed by atoms with van der Waals surface area (Å²) in [4.78, 5) is 11.4. The lowest BCUT2D eigenvalue weighted by Gasteiger charge is -2.21. The third kappa shape index (κ3) is 1.62. The Labute approximate surface area is 101 Å². The van der Waals surface area contributed by atoms with Crippen molar-refractivity contribution in [2.24, 2.45) is 7.05 Å². The zero-order valence-electron chi connectivity index (χ0n) is 10.6. The number of fused-ring (bicyclic) bond motifs is 1. The topological polar surface area (TPSA) is 42.2 Å². The number of hydrogen-bond acceptors (Lipinski definition) is 1. The quantitative estimate of drug-likeness (QED) is 0.863. The summed E-state index contributed by atoms with van der Waals surface area (Å²) in [6, 6.07) is 5.84. The second kappa shape index (κ2) is 3.62. The van der Waals surface area contributed by atoms with Crippen LogP contribution >= 0.6 is 0 Å². The van der Waals surface area contributed by atoms with E-state index < -0.39 is 11.4 Å². The number of aliphatic carboxylic acids is 1. The third-order valence-electron chi connectivity index (χ3n) is 3.41. The van der Waals surface area contributed by atoms with Gasteiger partial charge >= 0.3 is 5.97 Å². The molecule has 0 saturated carbocycles. The van der Waals surface area contributed by atoms with Crippen LogP contribution < -0.4 is 0 Å². The predicted molar refractivity (Wildman–Crippen MR) is 68.3 cm³/mol. The van der Waals surface area contributed by atoms with E-state index in [0.29, 0.717) is 0 Å². The minimum atomic E-state index is -0.869. The van der Waals surface area contributed by atoms with Gasteiger partial charge < -0.3 is 9.67 Å². The van der Waals surface area contributed by atoms with Crippen molar-refractivity contribution < 1.29 is 9.90 Å². The van der Waals surface area contributed by atoms with Crippen LogP contribution in [-0.4, -0.2) is 15.6 Å².